The van der Waals surface area contributed by atoms with Crippen molar-refractivity contribution in [2.75, 3.05) is 6.54 Å². The minimum absolute atomic E-state index is 0.0834. The lowest BCUT2D eigenvalue weighted by Crippen LogP contribution is -2.46. The highest BCUT2D eigenvalue weighted by Crippen LogP contribution is 2.49. The van der Waals surface area contributed by atoms with E-state index >= 15 is 0 Å². The van der Waals surface area contributed by atoms with Gasteiger partial charge < -0.3 is 26.1 Å². The molecule has 1 unspecified atom stereocenters. The number of benzene rings is 2. The molecule has 6 rings (SSSR count). The number of carbonyl (C=O) groups is 3. The number of piperidine rings is 1. The summed E-state index contributed by atoms with van der Waals surface area (Å²) in [5, 5.41) is 21.6. The van der Waals surface area contributed by atoms with E-state index in [1.54, 1.807) is 36.1 Å². The first-order valence-electron chi connectivity index (χ1n) is 14.2. The number of carbonyl (C=O) groups excluding carboxylic acids is 3. The zero-order chi connectivity index (χ0) is 29.8. The summed E-state index contributed by atoms with van der Waals surface area (Å²) < 4.78 is 6.16. The van der Waals surface area contributed by atoms with Gasteiger partial charge in [-0.3, -0.25) is 14.4 Å². The highest BCUT2D eigenvalue weighted by molar-refractivity contribution is 5.94. The quantitative estimate of drug-likeness (QED) is 0.369. The average molecular weight is 568 g/mol. The van der Waals surface area contributed by atoms with Crippen LogP contribution in [0.3, 0.4) is 0 Å². The SMILES string of the molecule is Cc1nnc(C2(C[C@H](C)NCC(=O)N3C(C#N)C[C@@H]4C[C@@H]43)c3ccc(C(N)=O)cc3CCc3cc(C(N)=O)ccc32)o1. The van der Waals surface area contributed by atoms with Crippen LogP contribution < -0.4 is 16.8 Å². The fourth-order valence-corrected chi connectivity index (χ4v) is 6.98. The molecule has 216 valence electrons. The molecule has 2 heterocycles. The number of hydrogen-bond acceptors (Lipinski definition) is 8. The average Bonchev–Trinajstić information content (AvgIpc) is 3.46. The third kappa shape index (κ3) is 4.61. The zero-order valence-corrected chi connectivity index (χ0v) is 23.6. The zero-order valence-electron chi connectivity index (χ0n) is 23.6. The van der Waals surface area contributed by atoms with Crippen molar-refractivity contribution >= 4 is 17.7 Å². The molecule has 11 heteroatoms. The molecule has 1 aromatic heterocycles. The monoisotopic (exact) mass is 567 g/mol. The van der Waals surface area contributed by atoms with Crippen LogP contribution in [0.4, 0.5) is 0 Å². The number of nitrogens with one attached hydrogen (secondary N) is 1. The highest BCUT2D eigenvalue weighted by atomic mass is 16.4. The molecule has 1 saturated carbocycles. The van der Waals surface area contributed by atoms with Crippen molar-refractivity contribution in [2.24, 2.45) is 17.4 Å². The lowest BCUT2D eigenvalue weighted by molar-refractivity contribution is -0.131. The third-order valence-electron chi connectivity index (χ3n) is 9.01. The molecule has 42 heavy (non-hydrogen) atoms. The predicted molar refractivity (Wildman–Crippen MR) is 151 cm³/mol. The van der Waals surface area contributed by atoms with Crippen LogP contribution in [-0.4, -0.2) is 57.5 Å². The van der Waals surface area contributed by atoms with Crippen molar-refractivity contribution in [1.29, 1.82) is 5.26 Å². The molecule has 5 N–H and O–H groups in total. The van der Waals surface area contributed by atoms with E-state index in [0.29, 0.717) is 48.1 Å². The van der Waals surface area contributed by atoms with Crippen molar-refractivity contribution in [3.05, 3.63) is 81.6 Å². The first-order valence-corrected chi connectivity index (χ1v) is 14.2. The van der Waals surface area contributed by atoms with Crippen molar-refractivity contribution in [2.45, 2.75) is 69.5 Å². The molecule has 2 aromatic carbocycles. The number of likely N-dealkylation sites (tertiary alicyclic amines) is 1. The molecule has 2 aliphatic carbocycles. The van der Waals surface area contributed by atoms with Gasteiger partial charge in [-0.2, -0.15) is 5.26 Å². The van der Waals surface area contributed by atoms with Crippen LogP contribution in [0.15, 0.2) is 40.8 Å². The van der Waals surface area contributed by atoms with E-state index in [1.165, 1.54) is 0 Å². The Bertz CT molecular complexity index is 1570. The second kappa shape index (κ2) is 10.4. The molecule has 1 aliphatic heterocycles. The number of nitrogens with two attached hydrogens (primary N) is 2. The molecule has 3 aliphatic rings. The lowest BCUT2D eigenvalue weighted by atomic mass is 9.68. The smallest absolute Gasteiger partial charge is 0.248 e. The molecule has 0 radical (unpaired) electrons. The van der Waals surface area contributed by atoms with E-state index in [0.717, 1.165) is 35.1 Å². The van der Waals surface area contributed by atoms with Crippen molar-refractivity contribution < 1.29 is 18.8 Å². The summed E-state index contributed by atoms with van der Waals surface area (Å²) in [6, 6.07) is 12.6. The Balaban J connectivity index is 1.42. The highest BCUT2D eigenvalue weighted by Gasteiger charge is 2.54. The largest absolute Gasteiger partial charge is 0.424 e. The molecule has 0 bridgehead atoms. The Morgan fingerprint density at radius 1 is 1.07 bits per heavy atom. The fraction of sp³-hybridized carbons (Fsp3) is 0.419. The maximum absolute atomic E-state index is 13.2. The second-order valence-corrected chi connectivity index (χ2v) is 11.7. The van der Waals surface area contributed by atoms with Gasteiger partial charge in [0, 0.05) is 30.1 Å². The Kier molecular flexibility index (Phi) is 6.81. The van der Waals surface area contributed by atoms with E-state index in [1.807, 2.05) is 19.1 Å². The summed E-state index contributed by atoms with van der Waals surface area (Å²) in [7, 11) is 0. The van der Waals surface area contributed by atoms with Gasteiger partial charge in [-0.05, 0) is 91.5 Å². The summed E-state index contributed by atoms with van der Waals surface area (Å²) in [6.07, 6.45) is 3.28. The maximum atomic E-state index is 13.2. The molecule has 0 spiro atoms. The van der Waals surface area contributed by atoms with E-state index in [-0.39, 0.29) is 30.6 Å². The molecule has 11 nitrogen and oxygen atoms in total. The van der Waals surface area contributed by atoms with Crippen molar-refractivity contribution in [1.82, 2.24) is 20.4 Å². The van der Waals surface area contributed by atoms with Gasteiger partial charge >= 0.3 is 0 Å². The van der Waals surface area contributed by atoms with Crippen molar-refractivity contribution in [3.8, 4) is 6.07 Å². The molecule has 3 amide bonds. The maximum Gasteiger partial charge on any atom is 0.248 e. The third-order valence-corrected chi connectivity index (χ3v) is 9.01. The number of amides is 3. The van der Waals surface area contributed by atoms with Crippen LogP contribution >= 0.6 is 0 Å². The van der Waals surface area contributed by atoms with Crippen LogP contribution in [-0.2, 0) is 23.1 Å². The van der Waals surface area contributed by atoms with E-state index in [9.17, 15) is 19.6 Å². The number of aromatic nitrogens is 2. The van der Waals surface area contributed by atoms with Crippen LogP contribution in [0.1, 0.15) is 80.9 Å². The van der Waals surface area contributed by atoms with E-state index < -0.39 is 17.2 Å². The Hall–Kier alpha value is -4.56. The first kappa shape index (κ1) is 27.6. The molecular formula is C31H33N7O4. The van der Waals surface area contributed by atoms with Crippen LogP contribution in [0.25, 0.3) is 0 Å². The Labute approximate surface area is 243 Å². The van der Waals surface area contributed by atoms with Crippen LogP contribution in [0.5, 0.6) is 0 Å². The normalized spacial score (nSPS) is 22.2. The summed E-state index contributed by atoms with van der Waals surface area (Å²) in [6.45, 7) is 3.80. The summed E-state index contributed by atoms with van der Waals surface area (Å²) >= 11 is 0. The molecule has 2 fully saturated rings. The van der Waals surface area contributed by atoms with E-state index in [4.69, 9.17) is 15.9 Å². The number of primary amides is 2. The number of hydrogen-bond donors (Lipinski definition) is 3. The minimum Gasteiger partial charge on any atom is -0.424 e. The van der Waals surface area contributed by atoms with Crippen LogP contribution in [0.2, 0.25) is 0 Å². The van der Waals surface area contributed by atoms with Gasteiger partial charge in [0.25, 0.3) is 0 Å². The molecular weight excluding hydrogens is 534 g/mol. The second-order valence-electron chi connectivity index (χ2n) is 11.7. The topological polar surface area (TPSA) is 181 Å². The van der Waals surface area contributed by atoms with Gasteiger partial charge in [0.1, 0.15) is 11.5 Å². The summed E-state index contributed by atoms with van der Waals surface area (Å²) in [5.41, 5.74) is 14.6. The number of fused-ring (bicyclic) bond motifs is 3. The van der Waals surface area contributed by atoms with Crippen LogP contribution in [0, 0.1) is 24.2 Å². The summed E-state index contributed by atoms with van der Waals surface area (Å²) in [5.74, 6) is 0.0609. The van der Waals surface area contributed by atoms with Gasteiger partial charge in [-0.25, -0.2) is 0 Å². The Morgan fingerprint density at radius 2 is 1.69 bits per heavy atom. The molecule has 3 aromatic rings. The number of nitriles is 1. The van der Waals surface area contributed by atoms with E-state index in [2.05, 4.69) is 21.6 Å². The Morgan fingerprint density at radius 3 is 2.21 bits per heavy atom. The van der Waals surface area contributed by atoms with Gasteiger partial charge in [-0.1, -0.05) is 12.1 Å². The van der Waals surface area contributed by atoms with Gasteiger partial charge in [0.05, 0.1) is 12.6 Å². The number of rotatable bonds is 8. The standard InChI is InChI=1S/C31H33N7O4/c1-16(35-15-27(39)38-23(14-32)11-22-12-26(22)38)13-31(30-37-36-17(2)42-30)24-7-5-20(28(33)40)9-18(24)3-4-19-10-21(29(34)41)6-8-25(19)31/h5-10,16,22-23,26,35H,3-4,11-13,15H2,1-2H3,(H2,33,40)(H2,34,41)/t16-,22+,23?,26-/m0/s1. The summed E-state index contributed by atoms with van der Waals surface area (Å²) in [4.78, 5) is 39.2. The number of nitrogens with zero attached hydrogens (tertiary/aromatic N) is 4. The predicted octanol–water partition coefficient (Wildman–Crippen LogP) is 1.89. The fourth-order valence-electron chi connectivity index (χ4n) is 6.98. The molecule has 1 saturated heterocycles. The lowest BCUT2D eigenvalue weighted by Gasteiger charge is -2.36. The van der Waals surface area contributed by atoms with Gasteiger partial charge in [0.15, 0.2) is 0 Å². The minimum atomic E-state index is -0.978. The van der Waals surface area contributed by atoms with Gasteiger partial charge in [-0.15, -0.1) is 10.2 Å². The van der Waals surface area contributed by atoms with Gasteiger partial charge in [0.2, 0.25) is 29.5 Å². The molecule has 4 atom stereocenters. The first-order chi connectivity index (χ1) is 20.1. The number of aryl methyl sites for hydroxylation is 3. The van der Waals surface area contributed by atoms with Crippen molar-refractivity contribution in [3.63, 3.8) is 0 Å².